The third kappa shape index (κ3) is 16.7. The van der Waals surface area contributed by atoms with E-state index in [4.69, 9.17) is 26.4 Å². The number of phosphoric ester groups is 1. The van der Waals surface area contributed by atoms with E-state index in [0.29, 0.717) is 25.8 Å². The van der Waals surface area contributed by atoms with Gasteiger partial charge in [-0.2, -0.15) is 0 Å². The van der Waals surface area contributed by atoms with Crippen molar-refractivity contribution in [2.75, 3.05) is 32.8 Å². The van der Waals surface area contributed by atoms with Crippen LogP contribution in [0.4, 0.5) is 0 Å². The van der Waals surface area contributed by atoms with Gasteiger partial charge in [0.2, 0.25) is 11.8 Å². The minimum absolute atomic E-state index is 0.121. The average Bonchev–Trinajstić information content (AvgIpc) is 3.85. The number of rotatable bonds is 26. The van der Waals surface area contributed by atoms with Crippen molar-refractivity contribution in [1.29, 1.82) is 0 Å². The van der Waals surface area contributed by atoms with E-state index >= 15 is 0 Å². The fourth-order valence-corrected chi connectivity index (χ4v) is 8.13. The summed E-state index contributed by atoms with van der Waals surface area (Å²) in [5, 5.41) is 8.32. The molecule has 0 saturated carbocycles. The Kier molecular flexibility index (Phi) is 21.2. The van der Waals surface area contributed by atoms with Gasteiger partial charge in [0, 0.05) is 47.7 Å². The standard InChI is InChI=1S/C40H51ClN5O6P.C6H15N/c41-33-19-11-14-22-38(33)52-53(49,50)51-24-16-8-6-4-2-1-3-5-7-15-23-43-40(48)37(26-30-28-44-36-21-13-10-18-32(30)36)46-39(47)34(42)27-31-25-29-17-9-12-20-35(29)45-31;1-4-7(5-2)6-3/h9-14,17-22,25,28,34,37,44-45H,1-8,15-16,23-24,26-27,42H2,(H,43,48)(H,46,47)(H,49,50);4-6H2,1-3H3/t34-,37+;/m0./s1. The first-order chi connectivity index (χ1) is 29.0. The summed E-state index contributed by atoms with van der Waals surface area (Å²) in [4.78, 5) is 45.6. The van der Waals surface area contributed by atoms with E-state index in [2.05, 4.69) is 46.3 Å². The Hall–Kier alpha value is -4.16. The van der Waals surface area contributed by atoms with Crippen molar-refractivity contribution in [3.63, 3.8) is 0 Å². The fourth-order valence-electron chi connectivity index (χ4n) is 7.08. The first-order valence-electron chi connectivity index (χ1n) is 21.6. The van der Waals surface area contributed by atoms with Crippen LogP contribution in [0.5, 0.6) is 5.75 Å². The molecule has 3 atom stereocenters. The molecule has 0 bridgehead atoms. The summed E-state index contributed by atoms with van der Waals surface area (Å²) >= 11 is 5.98. The molecule has 12 nitrogen and oxygen atoms in total. The molecule has 3 aromatic carbocycles. The largest absolute Gasteiger partial charge is 0.527 e. The summed E-state index contributed by atoms with van der Waals surface area (Å²) in [5.41, 5.74) is 10.1. The van der Waals surface area contributed by atoms with Crippen LogP contribution in [0, 0.1) is 0 Å². The van der Waals surface area contributed by atoms with Crippen molar-refractivity contribution in [3.05, 3.63) is 101 Å². The van der Waals surface area contributed by atoms with Crippen LogP contribution in [-0.4, -0.2) is 76.4 Å². The second kappa shape index (κ2) is 26.2. The van der Waals surface area contributed by atoms with Gasteiger partial charge in [0.05, 0.1) is 17.7 Å². The van der Waals surface area contributed by atoms with Crippen LogP contribution >= 0.6 is 19.4 Å². The maximum absolute atomic E-state index is 13.4. The Labute approximate surface area is 360 Å². The number of fused-ring (bicyclic) bond motifs is 2. The number of benzene rings is 3. The number of carbonyl (C=O) groups is 2. The van der Waals surface area contributed by atoms with Crippen molar-refractivity contribution in [2.24, 2.45) is 5.73 Å². The molecule has 1 unspecified atom stereocenters. The van der Waals surface area contributed by atoms with Crippen LogP contribution < -0.4 is 20.9 Å². The summed E-state index contributed by atoms with van der Waals surface area (Å²) in [6.45, 7) is 10.8. The molecular weight excluding hydrogens is 799 g/mol. The Morgan fingerprint density at radius 1 is 0.800 bits per heavy atom. The quantitative estimate of drug-likeness (QED) is 0.0236. The molecule has 14 heteroatoms. The number of carbonyl (C=O) groups excluding carboxylic acids is 2. The molecule has 5 aromatic rings. The van der Waals surface area contributed by atoms with E-state index in [-0.39, 0.29) is 29.2 Å². The van der Waals surface area contributed by atoms with Crippen LogP contribution in [0.1, 0.15) is 96.2 Å². The molecule has 328 valence electrons. The van der Waals surface area contributed by atoms with Gasteiger partial charge in [-0.3, -0.25) is 19.0 Å². The smallest absolute Gasteiger partial charge is 0.403 e. The number of phosphoric acid groups is 1. The van der Waals surface area contributed by atoms with E-state index in [1.54, 1.807) is 18.2 Å². The Balaban J connectivity index is 0.00000104. The number of nitrogens with zero attached hydrogens (tertiary/aromatic N) is 1. The number of hydrogen-bond acceptors (Lipinski definition) is 7. The van der Waals surface area contributed by atoms with Crippen molar-refractivity contribution in [2.45, 2.75) is 110 Å². The summed E-state index contributed by atoms with van der Waals surface area (Å²) in [6, 6.07) is 22.7. The van der Waals surface area contributed by atoms with Crippen LogP contribution in [0.25, 0.3) is 21.8 Å². The van der Waals surface area contributed by atoms with Crippen molar-refractivity contribution < 1.29 is 28.1 Å². The van der Waals surface area contributed by atoms with Gasteiger partial charge < -0.3 is 35.8 Å². The van der Waals surface area contributed by atoms with Crippen molar-refractivity contribution in [1.82, 2.24) is 25.5 Å². The fraction of sp³-hybridized carbons (Fsp3) is 0.478. The van der Waals surface area contributed by atoms with E-state index < -0.39 is 19.9 Å². The highest BCUT2D eigenvalue weighted by Gasteiger charge is 2.26. The normalized spacial score (nSPS) is 13.4. The molecule has 0 saturated heterocycles. The lowest BCUT2D eigenvalue weighted by Crippen LogP contribution is -2.53. The summed E-state index contributed by atoms with van der Waals surface area (Å²) in [5.74, 6) is -0.468. The molecular formula is C46H66ClN6O6P. The predicted molar refractivity (Wildman–Crippen MR) is 244 cm³/mol. The van der Waals surface area contributed by atoms with Gasteiger partial charge >= 0.3 is 7.82 Å². The highest BCUT2D eigenvalue weighted by atomic mass is 35.5. The molecule has 0 aliphatic rings. The van der Waals surface area contributed by atoms with Crippen LogP contribution in [0.15, 0.2) is 85.1 Å². The van der Waals surface area contributed by atoms with E-state index in [9.17, 15) is 19.0 Å². The SMILES string of the molecule is CCN(CC)CC.N[C@@H](Cc1cc2ccccc2[nH]1)C(=O)N[C@H](Cc1c[nH]c2ccccc12)C(=O)NCCCCCCCCCCCCOP(=O)(O)Oc1ccccc1Cl. The number of nitrogens with one attached hydrogen (secondary N) is 4. The lowest BCUT2D eigenvalue weighted by atomic mass is 10.0. The minimum Gasteiger partial charge on any atom is -0.403 e. The topological polar surface area (TPSA) is 175 Å². The number of hydrogen-bond donors (Lipinski definition) is 6. The van der Waals surface area contributed by atoms with Gasteiger partial charge in [-0.05, 0) is 73.8 Å². The lowest BCUT2D eigenvalue weighted by molar-refractivity contribution is -0.129. The van der Waals surface area contributed by atoms with Crippen LogP contribution in [0.2, 0.25) is 5.02 Å². The van der Waals surface area contributed by atoms with Crippen molar-refractivity contribution >= 4 is 53.0 Å². The molecule has 0 aliphatic carbocycles. The van der Waals surface area contributed by atoms with Gasteiger partial charge in [-0.1, -0.05) is 132 Å². The van der Waals surface area contributed by atoms with Gasteiger partial charge in [-0.15, -0.1) is 0 Å². The first-order valence-corrected chi connectivity index (χ1v) is 23.5. The molecule has 0 aliphatic heterocycles. The number of H-pyrrole nitrogens is 2. The van der Waals surface area contributed by atoms with Gasteiger partial charge in [0.1, 0.15) is 11.8 Å². The second-order valence-corrected chi connectivity index (χ2v) is 16.9. The molecule has 0 fully saturated rings. The maximum atomic E-state index is 13.4. The number of nitrogens with two attached hydrogens (primary N) is 1. The summed E-state index contributed by atoms with van der Waals surface area (Å²) in [6.07, 6.45) is 12.6. The Morgan fingerprint density at radius 3 is 2.05 bits per heavy atom. The molecule has 2 heterocycles. The average molecular weight is 865 g/mol. The number of halogens is 1. The highest BCUT2D eigenvalue weighted by Crippen LogP contribution is 2.45. The van der Waals surface area contributed by atoms with E-state index in [1.807, 2.05) is 60.8 Å². The first kappa shape index (κ1) is 48.5. The number of aromatic nitrogens is 2. The molecule has 7 N–H and O–H groups in total. The van der Waals surface area contributed by atoms with Crippen molar-refractivity contribution in [3.8, 4) is 5.75 Å². The summed E-state index contributed by atoms with van der Waals surface area (Å²) < 4.78 is 22.3. The number of aromatic amines is 2. The number of unbranched alkanes of at least 4 members (excludes halogenated alkanes) is 9. The number of amides is 2. The number of para-hydroxylation sites is 3. The molecule has 60 heavy (non-hydrogen) atoms. The molecule has 0 spiro atoms. The zero-order chi connectivity index (χ0) is 43.2. The molecule has 2 aromatic heterocycles. The lowest BCUT2D eigenvalue weighted by Gasteiger charge is -2.21. The van der Waals surface area contributed by atoms with Gasteiger partial charge in [-0.25, -0.2) is 4.57 Å². The monoisotopic (exact) mass is 864 g/mol. The Bertz CT molecular complexity index is 2030. The van der Waals surface area contributed by atoms with E-state index in [1.165, 1.54) is 25.7 Å². The third-order valence-corrected chi connectivity index (χ3v) is 11.9. The minimum atomic E-state index is -4.21. The third-order valence-electron chi connectivity index (χ3n) is 10.6. The summed E-state index contributed by atoms with van der Waals surface area (Å²) in [7, 11) is -4.21. The predicted octanol–water partition coefficient (Wildman–Crippen LogP) is 9.46. The highest BCUT2D eigenvalue weighted by molar-refractivity contribution is 7.47. The van der Waals surface area contributed by atoms with E-state index in [0.717, 1.165) is 90.9 Å². The van der Waals surface area contributed by atoms with Crippen LogP contribution in [0.3, 0.4) is 0 Å². The maximum Gasteiger partial charge on any atom is 0.527 e. The molecule has 5 rings (SSSR count). The zero-order valence-electron chi connectivity index (χ0n) is 35.6. The zero-order valence-corrected chi connectivity index (χ0v) is 37.2. The Morgan fingerprint density at radius 2 is 1.40 bits per heavy atom. The molecule has 0 radical (unpaired) electrons. The van der Waals surface area contributed by atoms with Gasteiger partial charge in [0.15, 0.2) is 0 Å². The molecule has 2 amide bonds. The van der Waals surface area contributed by atoms with Gasteiger partial charge in [0.25, 0.3) is 0 Å². The van der Waals surface area contributed by atoms with Crippen LogP contribution in [-0.2, 0) is 31.5 Å². The second-order valence-electron chi connectivity index (χ2n) is 15.1.